The molecule has 1 rings (SSSR count). The summed E-state index contributed by atoms with van der Waals surface area (Å²) in [7, 11) is 0.583. The molecule has 0 aliphatic rings. The van der Waals surface area contributed by atoms with Crippen LogP contribution in [0.2, 0.25) is 0 Å². The van der Waals surface area contributed by atoms with E-state index >= 15 is 0 Å². The van der Waals surface area contributed by atoms with Crippen LogP contribution in [0.25, 0.3) is 0 Å². The van der Waals surface area contributed by atoms with Gasteiger partial charge in [0, 0.05) is 0 Å². The fourth-order valence-electron chi connectivity index (χ4n) is 0. The molecule has 0 spiro atoms. The molecule has 1 unspecified atom stereocenters. The van der Waals surface area contributed by atoms with Crippen LogP contribution in [0.4, 0.5) is 0 Å². The third kappa shape index (κ3) is 2.50. The molecule has 0 bridgehead atoms. The number of nitrogens with one attached hydrogen (secondary N) is 1. The van der Waals surface area contributed by atoms with E-state index in [2.05, 4.69) is 9.22 Å². The first-order chi connectivity index (χ1) is 1.50. The van der Waals surface area contributed by atoms with Gasteiger partial charge < -0.3 is 4.30 Å². The maximum Gasteiger partial charge on any atom is 0.162 e. The number of hydrogen-bond acceptors (Lipinski definition) is 1. The van der Waals surface area contributed by atoms with Crippen LogP contribution >= 0.6 is 8.59 Å². The average Bonchev–Trinajstić information content (AvgIpc) is 1.46. The van der Waals surface area contributed by atoms with Crippen molar-refractivity contribution in [3.8, 4) is 0 Å². The molecule has 4 heavy (non-hydrogen) atoms. The molecule has 4 heteroatoms. The molecule has 2 nitrogen and oxygen atoms in total. The van der Waals surface area contributed by atoms with E-state index in [0.29, 0.717) is 8.59 Å². The second-order valence-electron chi connectivity index (χ2n) is 0.306. The molecule has 0 saturated carbocycles. The third-order valence-electron chi connectivity index (χ3n) is 0.102. The molecule has 1 atom stereocenters. The predicted octanol–water partition coefficient (Wildman–Crippen LogP) is -0.00950. The minimum Gasteiger partial charge on any atom is -0.354 e. The largest absolute Gasteiger partial charge is 0.354 e. The van der Waals surface area contributed by atoms with E-state index in [1.54, 1.807) is 0 Å². The zero-order chi connectivity index (χ0) is 2.12. The second-order valence-corrected chi connectivity index (χ2v) is 0.919. The van der Waals surface area contributed by atoms with Crippen LogP contribution in [0, 0.1) is 0 Å². The zero-order valence-corrected chi connectivity index (χ0v) is 2.41. The third-order valence-corrected chi connectivity index (χ3v) is 0.306. The van der Waals surface area contributed by atoms with E-state index in [1.807, 2.05) is 0 Å². The smallest absolute Gasteiger partial charge is 0.162 e. The molecule has 1 heterocycles. The van der Waals surface area contributed by atoms with Crippen molar-refractivity contribution in [1.82, 2.24) is 4.92 Å². The van der Waals surface area contributed by atoms with Gasteiger partial charge in [-0.1, -0.05) is 0 Å². The zero-order valence-electron chi connectivity index (χ0n) is 1.41. The van der Waals surface area contributed by atoms with Crippen molar-refractivity contribution in [3.63, 3.8) is 0 Å². The van der Waals surface area contributed by atoms with Crippen LogP contribution in [0.1, 0.15) is 0 Å². The van der Waals surface area contributed by atoms with Crippen molar-refractivity contribution in [2.75, 3.05) is 0 Å². The van der Waals surface area contributed by atoms with Crippen LogP contribution in [-0.2, 0) is 0 Å². The van der Waals surface area contributed by atoms with E-state index in [9.17, 15) is 0 Å². The Morgan fingerprint density at radius 1 is 1.75 bits per heavy atom. The Balaban J connectivity index is 0.0000000900. The van der Waals surface area contributed by atoms with Crippen molar-refractivity contribution in [1.29, 1.82) is 0 Å². The average molecular weight is 70.9 g/mol. The summed E-state index contributed by atoms with van der Waals surface area (Å²) in [6, 6.07) is 0. The number of aromatic nitrogens is 1. The van der Waals surface area contributed by atoms with Gasteiger partial charge in [0.15, 0.2) is 8.59 Å². The van der Waals surface area contributed by atoms with Crippen molar-refractivity contribution in [3.05, 3.63) is 0 Å². The molecule has 0 saturated heterocycles. The topological polar surface area (TPSA) is 28.9 Å². The summed E-state index contributed by atoms with van der Waals surface area (Å²) >= 11 is 0. The molecule has 0 aromatic carbocycles. The molecule has 0 radical (unpaired) electrons. The first-order valence-corrected chi connectivity index (χ1v) is 1.57. The van der Waals surface area contributed by atoms with Crippen molar-refractivity contribution in [2.45, 2.75) is 0 Å². The van der Waals surface area contributed by atoms with Crippen LogP contribution < -0.4 is 0 Å². The summed E-state index contributed by atoms with van der Waals surface area (Å²) in [5.74, 6) is 0. The minimum absolute atomic E-state index is 0. The SMILES string of the molecule is [LiH].[nH]1o[pH]1. The summed E-state index contributed by atoms with van der Waals surface area (Å²) < 4.78 is 4.28. The molecule has 0 aliphatic heterocycles. The van der Waals surface area contributed by atoms with Gasteiger partial charge in [-0.15, -0.1) is 0 Å². The molecule has 1 aromatic rings. The van der Waals surface area contributed by atoms with Crippen LogP contribution in [-0.4, -0.2) is 23.8 Å². The van der Waals surface area contributed by atoms with Gasteiger partial charge in [0.1, 0.15) is 0 Å². The summed E-state index contributed by atoms with van der Waals surface area (Å²) in [6.07, 6.45) is 0. The van der Waals surface area contributed by atoms with E-state index in [-0.39, 0.29) is 18.9 Å². The summed E-state index contributed by atoms with van der Waals surface area (Å²) in [6.45, 7) is 0. The van der Waals surface area contributed by atoms with Crippen LogP contribution in [0.3, 0.4) is 0 Å². The minimum atomic E-state index is 0. The Labute approximate surface area is 37.3 Å². The molecule has 1 aromatic heterocycles. The summed E-state index contributed by atoms with van der Waals surface area (Å²) in [5.41, 5.74) is 0. The maximum absolute atomic E-state index is 4.28. The molecule has 20 valence electrons. The monoisotopic (exact) mass is 71.0 g/mol. The van der Waals surface area contributed by atoms with Gasteiger partial charge in [0.25, 0.3) is 0 Å². The van der Waals surface area contributed by atoms with E-state index < -0.39 is 0 Å². The molecule has 0 aliphatic carbocycles. The van der Waals surface area contributed by atoms with Gasteiger partial charge in [-0.25, -0.2) is 0 Å². The number of hydrogen-bond donors (Lipinski definition) is 1. The van der Waals surface area contributed by atoms with Crippen LogP contribution in [0.5, 0.6) is 0 Å². The molecule has 0 amide bonds. The predicted molar refractivity (Wildman–Crippen MR) is 19.7 cm³/mol. The summed E-state index contributed by atoms with van der Waals surface area (Å²) in [4.78, 5) is 2.53. The number of H-pyrrole nitrogens is 1. The Kier molecular flexibility index (Phi) is 2.01. The summed E-state index contributed by atoms with van der Waals surface area (Å²) in [5, 5.41) is 0. The van der Waals surface area contributed by atoms with Gasteiger partial charge in [-0.3, -0.25) is 0 Å². The van der Waals surface area contributed by atoms with Gasteiger partial charge in [-0.05, 0) is 0 Å². The first-order valence-electron chi connectivity index (χ1n) is 0.658. The first kappa shape index (κ1) is 4.50. The second kappa shape index (κ2) is 1.78. The maximum atomic E-state index is 4.28. The molecular weight excluding hydrogens is 67.9 g/mol. The quantitative estimate of drug-likeness (QED) is 0.428. The van der Waals surface area contributed by atoms with Gasteiger partial charge >= 0.3 is 18.9 Å². The van der Waals surface area contributed by atoms with Gasteiger partial charge in [-0.2, -0.15) is 4.92 Å². The Morgan fingerprint density at radius 2 is 2.00 bits per heavy atom. The molecule has 0 fully saturated rings. The normalized spacial score (nSPS) is 8.00. The molecular formula is H3LiNOP. The fourth-order valence-corrected chi connectivity index (χ4v) is 0. The fraction of sp³-hybridized carbons (Fsp3) is 0. The van der Waals surface area contributed by atoms with E-state index in [4.69, 9.17) is 0 Å². The Hall–Kier alpha value is 0.497. The molecule has 1 N–H and O–H groups in total. The van der Waals surface area contributed by atoms with Gasteiger partial charge in [0.05, 0.1) is 0 Å². The number of rotatable bonds is 0. The Bertz CT molecular complexity index is 36.1. The standard InChI is InChI=1S/Li.H2NOP.H/c;1-2-3-1;/h;1,3H;. The Morgan fingerprint density at radius 3 is 2.00 bits per heavy atom. The van der Waals surface area contributed by atoms with E-state index in [1.165, 1.54) is 0 Å². The van der Waals surface area contributed by atoms with Gasteiger partial charge in [0.2, 0.25) is 0 Å². The van der Waals surface area contributed by atoms with Crippen molar-refractivity contribution < 1.29 is 4.30 Å². The van der Waals surface area contributed by atoms with Crippen molar-refractivity contribution >= 4 is 27.5 Å². The van der Waals surface area contributed by atoms with Crippen LogP contribution in [0.15, 0.2) is 4.30 Å². The van der Waals surface area contributed by atoms with Crippen molar-refractivity contribution in [2.24, 2.45) is 0 Å². The number of aromatic amines is 1. The van der Waals surface area contributed by atoms with E-state index in [0.717, 1.165) is 0 Å².